The first-order valence-corrected chi connectivity index (χ1v) is 5.76. The van der Waals surface area contributed by atoms with Gasteiger partial charge in [-0.2, -0.15) is 0 Å². The Kier molecular flexibility index (Phi) is 3.44. The summed E-state index contributed by atoms with van der Waals surface area (Å²) >= 11 is 0. The predicted molar refractivity (Wildman–Crippen MR) is 61.1 cm³/mol. The molecular weight excluding hydrogens is 204 g/mol. The lowest BCUT2D eigenvalue weighted by atomic mass is 10.0. The van der Waals surface area contributed by atoms with Crippen LogP contribution in [0.5, 0.6) is 5.75 Å². The molecular formula is C13H16O3. The Labute approximate surface area is 95.0 Å². The van der Waals surface area contributed by atoms with Crippen molar-refractivity contribution in [2.24, 2.45) is 0 Å². The SMILES string of the molecule is O=C(O)c1ccc2c(c1)CCCCCCO2. The Balaban J connectivity index is 2.27. The number of ether oxygens (including phenoxy) is 1. The van der Waals surface area contributed by atoms with Gasteiger partial charge in [-0.1, -0.05) is 12.8 Å². The fourth-order valence-corrected chi connectivity index (χ4v) is 2.00. The van der Waals surface area contributed by atoms with Gasteiger partial charge < -0.3 is 9.84 Å². The molecule has 16 heavy (non-hydrogen) atoms. The summed E-state index contributed by atoms with van der Waals surface area (Å²) in [5.41, 5.74) is 1.38. The van der Waals surface area contributed by atoms with E-state index in [4.69, 9.17) is 9.84 Å². The first-order chi connectivity index (χ1) is 7.77. The van der Waals surface area contributed by atoms with E-state index in [-0.39, 0.29) is 0 Å². The molecule has 0 aromatic heterocycles. The number of aryl methyl sites for hydroxylation is 1. The smallest absolute Gasteiger partial charge is 0.335 e. The summed E-state index contributed by atoms with van der Waals surface area (Å²) in [5, 5.41) is 8.93. The zero-order chi connectivity index (χ0) is 11.4. The highest BCUT2D eigenvalue weighted by Gasteiger charge is 2.10. The molecule has 1 aliphatic rings. The third kappa shape index (κ3) is 2.54. The number of fused-ring (bicyclic) bond motifs is 1. The minimum Gasteiger partial charge on any atom is -0.493 e. The van der Waals surface area contributed by atoms with Crippen LogP contribution in [-0.2, 0) is 6.42 Å². The normalized spacial score (nSPS) is 16.2. The van der Waals surface area contributed by atoms with E-state index < -0.39 is 5.97 Å². The molecule has 0 atom stereocenters. The number of hydrogen-bond donors (Lipinski definition) is 1. The molecule has 0 saturated carbocycles. The summed E-state index contributed by atoms with van der Waals surface area (Å²) in [6.07, 6.45) is 5.50. The second kappa shape index (κ2) is 5.01. The number of aromatic carboxylic acids is 1. The van der Waals surface area contributed by atoms with Crippen molar-refractivity contribution in [1.82, 2.24) is 0 Å². The van der Waals surface area contributed by atoms with Gasteiger partial charge in [-0.15, -0.1) is 0 Å². The molecule has 1 aliphatic heterocycles. The Morgan fingerprint density at radius 3 is 2.81 bits per heavy atom. The molecule has 0 radical (unpaired) electrons. The van der Waals surface area contributed by atoms with Gasteiger partial charge in [0.2, 0.25) is 0 Å². The van der Waals surface area contributed by atoms with Crippen LogP contribution in [0.2, 0.25) is 0 Å². The third-order valence-electron chi connectivity index (χ3n) is 2.91. The van der Waals surface area contributed by atoms with Crippen molar-refractivity contribution in [2.45, 2.75) is 32.1 Å². The van der Waals surface area contributed by atoms with E-state index in [1.54, 1.807) is 18.2 Å². The molecule has 0 bridgehead atoms. The largest absolute Gasteiger partial charge is 0.493 e. The van der Waals surface area contributed by atoms with Gasteiger partial charge >= 0.3 is 5.97 Å². The van der Waals surface area contributed by atoms with Crippen molar-refractivity contribution in [2.75, 3.05) is 6.61 Å². The molecule has 0 fully saturated rings. The van der Waals surface area contributed by atoms with Crippen molar-refractivity contribution in [1.29, 1.82) is 0 Å². The molecule has 2 rings (SSSR count). The summed E-state index contributed by atoms with van der Waals surface area (Å²) in [5.74, 6) is -0.0189. The average Bonchev–Trinajstić information content (AvgIpc) is 2.39. The van der Waals surface area contributed by atoms with Crippen molar-refractivity contribution < 1.29 is 14.6 Å². The van der Waals surface area contributed by atoms with Crippen LogP contribution in [0.4, 0.5) is 0 Å². The van der Waals surface area contributed by atoms with Crippen LogP contribution in [0.25, 0.3) is 0 Å². The van der Waals surface area contributed by atoms with Crippen LogP contribution in [0.3, 0.4) is 0 Å². The van der Waals surface area contributed by atoms with Gasteiger partial charge in [-0.3, -0.25) is 0 Å². The Bertz CT molecular complexity index is 385. The third-order valence-corrected chi connectivity index (χ3v) is 2.91. The summed E-state index contributed by atoms with van der Waals surface area (Å²) in [6, 6.07) is 5.13. The summed E-state index contributed by atoms with van der Waals surface area (Å²) in [4.78, 5) is 10.9. The zero-order valence-electron chi connectivity index (χ0n) is 9.24. The quantitative estimate of drug-likeness (QED) is 0.791. The van der Waals surface area contributed by atoms with Crippen molar-refractivity contribution in [3.05, 3.63) is 29.3 Å². The fraction of sp³-hybridized carbons (Fsp3) is 0.462. The van der Waals surface area contributed by atoms with Gasteiger partial charge in [0.15, 0.2) is 0 Å². The molecule has 1 N–H and O–H groups in total. The highest BCUT2D eigenvalue weighted by Crippen LogP contribution is 2.24. The summed E-state index contributed by atoms with van der Waals surface area (Å²) in [7, 11) is 0. The Hall–Kier alpha value is -1.51. The minimum atomic E-state index is -0.873. The number of benzene rings is 1. The Morgan fingerprint density at radius 1 is 1.19 bits per heavy atom. The highest BCUT2D eigenvalue weighted by atomic mass is 16.5. The molecule has 1 aromatic rings. The number of rotatable bonds is 1. The van der Waals surface area contributed by atoms with E-state index in [1.807, 2.05) is 0 Å². The van der Waals surface area contributed by atoms with Crippen LogP contribution < -0.4 is 4.74 Å². The zero-order valence-corrected chi connectivity index (χ0v) is 9.24. The maximum absolute atomic E-state index is 10.9. The van der Waals surface area contributed by atoms with Gasteiger partial charge in [-0.05, 0) is 43.0 Å². The summed E-state index contributed by atoms with van der Waals surface area (Å²) in [6.45, 7) is 0.736. The number of hydrogen-bond acceptors (Lipinski definition) is 2. The van der Waals surface area contributed by atoms with Crippen molar-refractivity contribution >= 4 is 5.97 Å². The fourth-order valence-electron chi connectivity index (χ4n) is 2.00. The highest BCUT2D eigenvalue weighted by molar-refractivity contribution is 5.88. The second-order valence-corrected chi connectivity index (χ2v) is 4.14. The van der Waals surface area contributed by atoms with Gasteiger partial charge in [0.05, 0.1) is 12.2 Å². The lowest BCUT2D eigenvalue weighted by molar-refractivity contribution is 0.0696. The van der Waals surface area contributed by atoms with Gasteiger partial charge in [0.1, 0.15) is 5.75 Å². The predicted octanol–water partition coefficient (Wildman–Crippen LogP) is 2.88. The molecule has 1 aromatic carbocycles. The monoisotopic (exact) mass is 220 g/mol. The lowest BCUT2D eigenvalue weighted by Crippen LogP contribution is -2.02. The molecule has 0 unspecified atom stereocenters. The van der Waals surface area contributed by atoms with Gasteiger partial charge in [-0.25, -0.2) is 4.79 Å². The number of carboxylic acids is 1. The second-order valence-electron chi connectivity index (χ2n) is 4.14. The van der Waals surface area contributed by atoms with Gasteiger partial charge in [0, 0.05) is 0 Å². The van der Waals surface area contributed by atoms with E-state index in [9.17, 15) is 4.79 Å². The summed E-state index contributed by atoms with van der Waals surface area (Å²) < 4.78 is 5.65. The minimum absolute atomic E-state index is 0.349. The van der Waals surface area contributed by atoms with Crippen LogP contribution in [0, 0.1) is 0 Å². The van der Waals surface area contributed by atoms with Crippen LogP contribution in [-0.4, -0.2) is 17.7 Å². The molecule has 3 nitrogen and oxygen atoms in total. The molecule has 1 heterocycles. The van der Waals surface area contributed by atoms with Crippen LogP contribution >= 0.6 is 0 Å². The van der Waals surface area contributed by atoms with Crippen LogP contribution in [0.1, 0.15) is 41.6 Å². The molecule has 0 aliphatic carbocycles. The maximum atomic E-state index is 10.9. The van der Waals surface area contributed by atoms with Crippen molar-refractivity contribution in [3.8, 4) is 5.75 Å². The van der Waals surface area contributed by atoms with E-state index in [0.29, 0.717) is 5.56 Å². The average molecular weight is 220 g/mol. The Morgan fingerprint density at radius 2 is 2.00 bits per heavy atom. The van der Waals surface area contributed by atoms with Crippen molar-refractivity contribution in [3.63, 3.8) is 0 Å². The molecule has 0 amide bonds. The topological polar surface area (TPSA) is 46.5 Å². The molecule has 3 heteroatoms. The number of carboxylic acid groups (broad SMARTS) is 1. The molecule has 0 saturated heterocycles. The maximum Gasteiger partial charge on any atom is 0.335 e. The molecule has 0 spiro atoms. The first-order valence-electron chi connectivity index (χ1n) is 5.76. The standard InChI is InChI=1S/C13H16O3/c14-13(15)11-6-7-12-10(9-11)5-3-1-2-4-8-16-12/h6-7,9H,1-5,8H2,(H,14,15). The van der Waals surface area contributed by atoms with E-state index in [0.717, 1.165) is 37.2 Å². The van der Waals surface area contributed by atoms with Crippen LogP contribution in [0.15, 0.2) is 18.2 Å². The lowest BCUT2D eigenvalue weighted by Gasteiger charge is -2.10. The van der Waals surface area contributed by atoms with E-state index in [2.05, 4.69) is 0 Å². The molecule has 86 valence electrons. The van der Waals surface area contributed by atoms with E-state index in [1.165, 1.54) is 12.8 Å². The van der Waals surface area contributed by atoms with Gasteiger partial charge in [0.25, 0.3) is 0 Å². The first kappa shape index (κ1) is 11.0. The number of carbonyl (C=O) groups is 1. The van der Waals surface area contributed by atoms with E-state index >= 15 is 0 Å².